The van der Waals surface area contributed by atoms with Gasteiger partial charge < -0.3 is 10.1 Å². The van der Waals surface area contributed by atoms with E-state index < -0.39 is 0 Å². The van der Waals surface area contributed by atoms with Crippen molar-refractivity contribution in [2.45, 2.75) is 32.1 Å². The van der Waals surface area contributed by atoms with Crippen molar-refractivity contribution in [2.75, 3.05) is 6.54 Å². The second-order valence-corrected chi connectivity index (χ2v) is 6.64. The molecular weight excluding hydrogens is 314 g/mol. The number of hydrogen-bond acceptors (Lipinski definition) is 3. The zero-order chi connectivity index (χ0) is 15.8. The van der Waals surface area contributed by atoms with Gasteiger partial charge in [0.25, 0.3) is 5.91 Å². The Bertz CT molecular complexity index is 722. The van der Waals surface area contributed by atoms with Crippen molar-refractivity contribution in [3.8, 4) is 0 Å². The predicted molar refractivity (Wildman–Crippen MR) is 86.3 cm³/mol. The van der Waals surface area contributed by atoms with Crippen molar-refractivity contribution in [2.24, 2.45) is 5.92 Å². The van der Waals surface area contributed by atoms with Crippen LogP contribution < -0.4 is 5.32 Å². The third-order valence-electron chi connectivity index (χ3n) is 4.36. The Kier molecular flexibility index (Phi) is 3.83. The van der Waals surface area contributed by atoms with Crippen LogP contribution in [0.25, 0.3) is 0 Å². The third kappa shape index (κ3) is 3.26. The quantitative estimate of drug-likeness (QED) is 0.937. The minimum atomic E-state index is -0.0955. The van der Waals surface area contributed by atoms with Crippen molar-refractivity contribution < 1.29 is 9.53 Å². The van der Waals surface area contributed by atoms with Crippen LogP contribution in [-0.2, 0) is 17.9 Å². The zero-order valence-electron chi connectivity index (χ0n) is 12.7. The first-order valence-electron chi connectivity index (χ1n) is 7.91. The van der Waals surface area contributed by atoms with Gasteiger partial charge in [-0.1, -0.05) is 23.7 Å². The highest BCUT2D eigenvalue weighted by atomic mass is 35.5. The Labute approximate surface area is 139 Å². The molecule has 1 N–H and O–H groups in total. The highest BCUT2D eigenvalue weighted by molar-refractivity contribution is 6.30. The molecule has 120 valence electrons. The molecule has 1 aromatic carbocycles. The minimum absolute atomic E-state index is 0.0676. The van der Waals surface area contributed by atoms with E-state index in [2.05, 4.69) is 10.4 Å². The van der Waals surface area contributed by atoms with Gasteiger partial charge in [-0.15, -0.1) is 0 Å². The van der Waals surface area contributed by atoms with Crippen molar-refractivity contribution >= 4 is 17.5 Å². The number of rotatable bonds is 4. The molecule has 2 heterocycles. The van der Waals surface area contributed by atoms with E-state index in [9.17, 15) is 4.79 Å². The lowest BCUT2D eigenvalue weighted by Crippen LogP contribution is -2.26. The molecule has 1 aliphatic heterocycles. The SMILES string of the molecule is O=C(NCC1CC1)c1cc2n(n1)CC(c1ccc(Cl)cc1)OC2. The fourth-order valence-electron chi connectivity index (χ4n) is 2.77. The summed E-state index contributed by atoms with van der Waals surface area (Å²) in [6.07, 6.45) is 2.37. The molecule has 1 saturated carbocycles. The van der Waals surface area contributed by atoms with Gasteiger partial charge in [0.1, 0.15) is 6.10 Å². The molecule has 1 unspecified atom stereocenters. The number of carbonyl (C=O) groups is 1. The van der Waals surface area contributed by atoms with Crippen LogP contribution in [0.3, 0.4) is 0 Å². The molecule has 5 nitrogen and oxygen atoms in total. The fraction of sp³-hybridized carbons (Fsp3) is 0.412. The van der Waals surface area contributed by atoms with E-state index in [1.54, 1.807) is 0 Å². The summed E-state index contributed by atoms with van der Waals surface area (Å²) >= 11 is 5.92. The van der Waals surface area contributed by atoms with Gasteiger partial charge in [-0.25, -0.2) is 0 Å². The van der Waals surface area contributed by atoms with Crippen molar-refractivity contribution in [3.63, 3.8) is 0 Å². The van der Waals surface area contributed by atoms with E-state index in [4.69, 9.17) is 16.3 Å². The minimum Gasteiger partial charge on any atom is -0.365 e. The number of nitrogens with one attached hydrogen (secondary N) is 1. The van der Waals surface area contributed by atoms with Gasteiger partial charge in [-0.05, 0) is 42.5 Å². The maximum atomic E-state index is 12.1. The number of nitrogens with zero attached hydrogens (tertiary/aromatic N) is 2. The lowest BCUT2D eigenvalue weighted by Gasteiger charge is -2.24. The van der Waals surface area contributed by atoms with E-state index >= 15 is 0 Å². The summed E-state index contributed by atoms with van der Waals surface area (Å²) in [5, 5.41) is 8.10. The molecule has 4 rings (SSSR count). The van der Waals surface area contributed by atoms with Crippen LogP contribution in [0.4, 0.5) is 0 Å². The Balaban J connectivity index is 1.46. The first kappa shape index (κ1) is 14.7. The van der Waals surface area contributed by atoms with Crippen LogP contribution in [-0.4, -0.2) is 22.2 Å². The number of amides is 1. The lowest BCUT2D eigenvalue weighted by molar-refractivity contribution is -0.00119. The number of fused-ring (bicyclic) bond motifs is 1. The Morgan fingerprint density at radius 2 is 2.13 bits per heavy atom. The maximum absolute atomic E-state index is 12.1. The first-order chi connectivity index (χ1) is 11.2. The van der Waals surface area contributed by atoms with Gasteiger partial charge in [-0.2, -0.15) is 5.10 Å². The van der Waals surface area contributed by atoms with E-state index in [0.29, 0.717) is 29.8 Å². The van der Waals surface area contributed by atoms with Crippen LogP contribution in [0, 0.1) is 5.92 Å². The Hall–Kier alpha value is -1.85. The van der Waals surface area contributed by atoms with Gasteiger partial charge in [0.15, 0.2) is 5.69 Å². The average Bonchev–Trinajstić information content (AvgIpc) is 3.29. The zero-order valence-corrected chi connectivity index (χ0v) is 13.4. The molecule has 1 amide bonds. The molecule has 2 aliphatic rings. The highest BCUT2D eigenvalue weighted by Gasteiger charge is 2.25. The number of carbonyl (C=O) groups excluding carboxylic acids is 1. The molecule has 0 bridgehead atoms. The molecule has 0 saturated heterocycles. The summed E-state index contributed by atoms with van der Waals surface area (Å²) in [6.45, 7) is 1.81. The highest BCUT2D eigenvalue weighted by Crippen LogP contribution is 2.28. The Morgan fingerprint density at radius 3 is 2.87 bits per heavy atom. The monoisotopic (exact) mass is 331 g/mol. The average molecular weight is 332 g/mol. The van der Waals surface area contributed by atoms with Crippen LogP contribution in [0.5, 0.6) is 0 Å². The van der Waals surface area contributed by atoms with Crippen LogP contribution >= 0.6 is 11.6 Å². The normalized spacial score (nSPS) is 20.1. The fourth-order valence-corrected chi connectivity index (χ4v) is 2.89. The summed E-state index contributed by atoms with van der Waals surface area (Å²) in [4.78, 5) is 12.1. The van der Waals surface area contributed by atoms with Crippen LogP contribution in [0.1, 0.15) is 40.7 Å². The van der Waals surface area contributed by atoms with Gasteiger partial charge in [0, 0.05) is 11.6 Å². The van der Waals surface area contributed by atoms with Crippen LogP contribution in [0.15, 0.2) is 30.3 Å². The largest absolute Gasteiger partial charge is 0.365 e. The van der Waals surface area contributed by atoms with Gasteiger partial charge >= 0.3 is 0 Å². The summed E-state index contributed by atoms with van der Waals surface area (Å²) in [5.74, 6) is 0.565. The molecule has 0 radical (unpaired) electrons. The first-order valence-corrected chi connectivity index (χ1v) is 8.29. The van der Waals surface area contributed by atoms with Crippen LogP contribution in [0.2, 0.25) is 5.02 Å². The van der Waals surface area contributed by atoms with Crippen molar-refractivity contribution in [3.05, 3.63) is 52.3 Å². The standard InChI is InChI=1S/C17H18ClN3O2/c18-13-5-3-12(4-6-13)16-9-21-14(10-23-16)7-15(20-21)17(22)19-8-11-1-2-11/h3-7,11,16H,1-2,8-10H2,(H,19,22). The van der Waals surface area contributed by atoms with E-state index in [1.807, 2.05) is 35.0 Å². The molecule has 6 heteroatoms. The van der Waals surface area contributed by atoms with Gasteiger partial charge in [0.05, 0.1) is 18.8 Å². The molecule has 1 atom stereocenters. The number of benzene rings is 1. The third-order valence-corrected chi connectivity index (χ3v) is 4.61. The molecule has 2 aromatic rings. The summed E-state index contributed by atoms with van der Waals surface area (Å²) < 4.78 is 7.77. The van der Waals surface area contributed by atoms with E-state index in [0.717, 1.165) is 17.8 Å². The molecule has 1 aliphatic carbocycles. The van der Waals surface area contributed by atoms with Crippen molar-refractivity contribution in [1.29, 1.82) is 0 Å². The summed E-state index contributed by atoms with van der Waals surface area (Å²) in [6, 6.07) is 9.46. The van der Waals surface area contributed by atoms with Crippen molar-refractivity contribution in [1.82, 2.24) is 15.1 Å². The van der Waals surface area contributed by atoms with Gasteiger partial charge in [-0.3, -0.25) is 9.48 Å². The predicted octanol–water partition coefficient (Wildman–Crippen LogP) is 2.95. The smallest absolute Gasteiger partial charge is 0.271 e. The van der Waals surface area contributed by atoms with E-state index in [1.165, 1.54) is 12.8 Å². The number of aromatic nitrogens is 2. The maximum Gasteiger partial charge on any atom is 0.271 e. The second-order valence-electron chi connectivity index (χ2n) is 6.21. The number of ether oxygens (including phenoxy) is 1. The topological polar surface area (TPSA) is 56.2 Å². The molecular formula is C17H18ClN3O2. The summed E-state index contributed by atoms with van der Waals surface area (Å²) in [7, 11) is 0. The van der Waals surface area contributed by atoms with E-state index in [-0.39, 0.29) is 12.0 Å². The molecule has 1 aromatic heterocycles. The second kappa shape index (κ2) is 5.98. The Morgan fingerprint density at radius 1 is 1.35 bits per heavy atom. The molecule has 23 heavy (non-hydrogen) atoms. The number of halogens is 1. The molecule has 1 fully saturated rings. The lowest BCUT2D eigenvalue weighted by atomic mass is 10.1. The summed E-state index contributed by atoms with van der Waals surface area (Å²) in [5.41, 5.74) is 2.48. The number of hydrogen-bond donors (Lipinski definition) is 1. The molecule has 0 spiro atoms. The van der Waals surface area contributed by atoms with Gasteiger partial charge in [0.2, 0.25) is 0 Å².